The number of hydrogen-bond acceptors (Lipinski definition) is 1. The van der Waals surface area contributed by atoms with Gasteiger partial charge in [0.15, 0.2) is 0 Å². The van der Waals surface area contributed by atoms with Crippen molar-refractivity contribution < 1.29 is 4.79 Å². The van der Waals surface area contributed by atoms with Crippen LogP contribution < -0.4 is 0 Å². The fourth-order valence-electron chi connectivity index (χ4n) is 1.94. The van der Waals surface area contributed by atoms with Crippen LogP contribution in [-0.2, 0) is 11.2 Å². The highest BCUT2D eigenvalue weighted by molar-refractivity contribution is 5.86. The molecule has 82 valence electrons. The van der Waals surface area contributed by atoms with E-state index in [-0.39, 0.29) is 11.7 Å². The molecule has 2 aromatic rings. The van der Waals surface area contributed by atoms with E-state index in [0.29, 0.717) is 0 Å². The predicted octanol–water partition coefficient (Wildman–Crippen LogP) is 3.61. The van der Waals surface area contributed by atoms with Crippen molar-refractivity contribution in [3.05, 3.63) is 48.0 Å². The topological polar surface area (TPSA) is 17.1 Å². The maximum absolute atomic E-state index is 11.3. The SMILES string of the molecule is CC(=O)[C@H](C)Cc1cccc2ccccc12. The van der Waals surface area contributed by atoms with Gasteiger partial charge in [-0.1, -0.05) is 49.4 Å². The molecule has 0 aliphatic rings. The number of carbonyl (C=O) groups is 1. The Bertz CT molecular complexity index is 508. The smallest absolute Gasteiger partial charge is 0.132 e. The van der Waals surface area contributed by atoms with E-state index in [1.165, 1.54) is 16.3 Å². The normalized spacial score (nSPS) is 12.6. The molecule has 0 spiro atoms. The van der Waals surface area contributed by atoms with Crippen LogP contribution in [0.4, 0.5) is 0 Å². The van der Waals surface area contributed by atoms with Gasteiger partial charge in [-0.05, 0) is 29.7 Å². The Morgan fingerprint density at radius 3 is 2.56 bits per heavy atom. The first kappa shape index (κ1) is 10.9. The van der Waals surface area contributed by atoms with Crippen LogP contribution in [0, 0.1) is 5.92 Å². The molecule has 0 saturated heterocycles. The second kappa shape index (κ2) is 4.48. The molecule has 1 atom stereocenters. The summed E-state index contributed by atoms with van der Waals surface area (Å²) in [4.78, 5) is 11.3. The van der Waals surface area contributed by atoms with E-state index in [2.05, 4.69) is 30.3 Å². The van der Waals surface area contributed by atoms with E-state index >= 15 is 0 Å². The number of hydrogen-bond donors (Lipinski definition) is 0. The largest absolute Gasteiger partial charge is 0.300 e. The highest BCUT2D eigenvalue weighted by atomic mass is 16.1. The lowest BCUT2D eigenvalue weighted by Crippen LogP contribution is -2.09. The predicted molar refractivity (Wildman–Crippen MR) is 67.5 cm³/mol. The Morgan fingerprint density at radius 2 is 1.81 bits per heavy atom. The molecule has 0 heterocycles. The zero-order chi connectivity index (χ0) is 11.5. The molecule has 2 rings (SSSR count). The van der Waals surface area contributed by atoms with Gasteiger partial charge in [0.2, 0.25) is 0 Å². The van der Waals surface area contributed by atoms with Crippen molar-refractivity contribution in [1.29, 1.82) is 0 Å². The maximum Gasteiger partial charge on any atom is 0.132 e. The Morgan fingerprint density at radius 1 is 1.12 bits per heavy atom. The molecular formula is C15H16O. The molecule has 0 N–H and O–H groups in total. The molecule has 0 aliphatic carbocycles. The van der Waals surface area contributed by atoms with E-state index in [1.807, 2.05) is 19.1 Å². The van der Waals surface area contributed by atoms with Gasteiger partial charge in [-0.15, -0.1) is 0 Å². The lowest BCUT2D eigenvalue weighted by atomic mass is 9.94. The summed E-state index contributed by atoms with van der Waals surface area (Å²) in [5.74, 6) is 0.360. The second-order valence-corrected chi connectivity index (χ2v) is 4.35. The maximum atomic E-state index is 11.3. The third-order valence-electron chi connectivity index (χ3n) is 3.10. The first-order valence-corrected chi connectivity index (χ1v) is 5.65. The van der Waals surface area contributed by atoms with Gasteiger partial charge < -0.3 is 0 Å². The van der Waals surface area contributed by atoms with E-state index in [4.69, 9.17) is 0 Å². The molecule has 0 unspecified atom stereocenters. The number of carbonyl (C=O) groups excluding carboxylic acids is 1. The molecule has 0 radical (unpaired) electrons. The molecule has 2 aromatic carbocycles. The van der Waals surface area contributed by atoms with Crippen LogP contribution in [-0.4, -0.2) is 5.78 Å². The monoisotopic (exact) mass is 212 g/mol. The molecule has 0 saturated carbocycles. The number of ketones is 1. The molecule has 1 heteroatoms. The highest BCUT2D eigenvalue weighted by Crippen LogP contribution is 2.21. The summed E-state index contributed by atoms with van der Waals surface area (Å²) in [6.45, 7) is 3.65. The van der Waals surface area contributed by atoms with Crippen molar-refractivity contribution in [1.82, 2.24) is 0 Å². The van der Waals surface area contributed by atoms with Crippen LogP contribution in [0.2, 0.25) is 0 Å². The van der Waals surface area contributed by atoms with Crippen molar-refractivity contribution in [2.24, 2.45) is 5.92 Å². The third-order valence-corrected chi connectivity index (χ3v) is 3.10. The minimum absolute atomic E-state index is 0.103. The van der Waals surface area contributed by atoms with Gasteiger partial charge in [0.05, 0.1) is 0 Å². The molecular weight excluding hydrogens is 196 g/mol. The summed E-state index contributed by atoms with van der Waals surface area (Å²) in [6, 6.07) is 14.6. The zero-order valence-electron chi connectivity index (χ0n) is 9.73. The van der Waals surface area contributed by atoms with Crippen molar-refractivity contribution in [3.63, 3.8) is 0 Å². The van der Waals surface area contributed by atoms with Crippen LogP contribution in [0.25, 0.3) is 10.8 Å². The van der Waals surface area contributed by atoms with Crippen molar-refractivity contribution in [2.45, 2.75) is 20.3 Å². The van der Waals surface area contributed by atoms with Crippen LogP contribution in [0.1, 0.15) is 19.4 Å². The van der Waals surface area contributed by atoms with Gasteiger partial charge in [-0.25, -0.2) is 0 Å². The van der Waals surface area contributed by atoms with Gasteiger partial charge >= 0.3 is 0 Å². The van der Waals surface area contributed by atoms with E-state index < -0.39 is 0 Å². The number of rotatable bonds is 3. The number of Topliss-reactive ketones (excluding diaryl/α,β-unsaturated/α-hetero) is 1. The van der Waals surface area contributed by atoms with E-state index in [9.17, 15) is 4.79 Å². The Labute approximate surface area is 96.1 Å². The Kier molecular flexibility index (Phi) is 3.04. The van der Waals surface area contributed by atoms with Crippen LogP contribution in [0.15, 0.2) is 42.5 Å². The summed E-state index contributed by atoms with van der Waals surface area (Å²) < 4.78 is 0. The summed E-state index contributed by atoms with van der Waals surface area (Å²) >= 11 is 0. The molecule has 0 aromatic heterocycles. The quantitative estimate of drug-likeness (QED) is 0.759. The van der Waals surface area contributed by atoms with Crippen molar-refractivity contribution in [3.8, 4) is 0 Å². The highest BCUT2D eigenvalue weighted by Gasteiger charge is 2.10. The molecule has 0 fully saturated rings. The van der Waals surface area contributed by atoms with Crippen LogP contribution in [0.3, 0.4) is 0 Å². The first-order chi connectivity index (χ1) is 7.68. The lowest BCUT2D eigenvalue weighted by molar-refractivity contribution is -0.120. The minimum atomic E-state index is 0.103. The van der Waals surface area contributed by atoms with E-state index in [1.54, 1.807) is 6.92 Å². The summed E-state index contributed by atoms with van der Waals surface area (Å²) in [5.41, 5.74) is 1.26. The average molecular weight is 212 g/mol. The summed E-state index contributed by atoms with van der Waals surface area (Å²) in [7, 11) is 0. The standard InChI is InChI=1S/C15H16O/c1-11(12(2)16)10-14-8-5-7-13-6-3-4-9-15(13)14/h3-9,11H,10H2,1-2H3/t11-/m1/s1. The molecule has 0 aliphatic heterocycles. The minimum Gasteiger partial charge on any atom is -0.300 e. The molecule has 0 bridgehead atoms. The van der Waals surface area contributed by atoms with Crippen molar-refractivity contribution >= 4 is 16.6 Å². The van der Waals surface area contributed by atoms with Gasteiger partial charge in [-0.3, -0.25) is 4.79 Å². The molecule has 1 nitrogen and oxygen atoms in total. The zero-order valence-corrected chi connectivity index (χ0v) is 9.73. The van der Waals surface area contributed by atoms with Gasteiger partial charge in [0, 0.05) is 5.92 Å². The van der Waals surface area contributed by atoms with Crippen LogP contribution >= 0.6 is 0 Å². The number of benzene rings is 2. The van der Waals surface area contributed by atoms with E-state index in [0.717, 1.165) is 6.42 Å². The van der Waals surface area contributed by atoms with Crippen LogP contribution in [0.5, 0.6) is 0 Å². The summed E-state index contributed by atoms with van der Waals surface area (Å²) in [6.07, 6.45) is 0.830. The summed E-state index contributed by atoms with van der Waals surface area (Å²) in [5, 5.41) is 2.51. The average Bonchev–Trinajstić information content (AvgIpc) is 2.29. The van der Waals surface area contributed by atoms with Gasteiger partial charge in [-0.2, -0.15) is 0 Å². The van der Waals surface area contributed by atoms with Crippen molar-refractivity contribution in [2.75, 3.05) is 0 Å². The third kappa shape index (κ3) is 2.13. The molecule has 16 heavy (non-hydrogen) atoms. The second-order valence-electron chi connectivity index (χ2n) is 4.35. The Hall–Kier alpha value is -1.63. The van der Waals surface area contributed by atoms with Gasteiger partial charge in [0.1, 0.15) is 5.78 Å². The van der Waals surface area contributed by atoms with Gasteiger partial charge in [0.25, 0.3) is 0 Å². The fraction of sp³-hybridized carbons (Fsp3) is 0.267. The lowest BCUT2D eigenvalue weighted by Gasteiger charge is -2.10. The first-order valence-electron chi connectivity index (χ1n) is 5.65. The number of fused-ring (bicyclic) bond motifs is 1. The fourth-order valence-corrected chi connectivity index (χ4v) is 1.94. The molecule has 0 amide bonds. The Balaban J connectivity index is 2.41.